The Hall–Kier alpha value is -3.37. The zero-order valence-corrected chi connectivity index (χ0v) is 28.7. The van der Waals surface area contributed by atoms with E-state index in [0.717, 1.165) is 73.1 Å². The highest BCUT2D eigenvalue weighted by Gasteiger charge is 2.65. The van der Waals surface area contributed by atoms with Gasteiger partial charge in [0.25, 0.3) is 5.91 Å². The Balaban J connectivity index is 1.32. The van der Waals surface area contributed by atoms with E-state index in [1.165, 1.54) is 30.4 Å². The number of fused-ring (bicyclic) bond motifs is 9. The third-order valence-corrected chi connectivity index (χ3v) is 13.7. The Bertz CT molecular complexity index is 1880. The van der Waals surface area contributed by atoms with Crippen LogP contribution in [0.5, 0.6) is 5.75 Å². The molecule has 5 aliphatic rings. The topological polar surface area (TPSA) is 101 Å². The number of methoxy groups -OCH3 is 1. The Kier molecular flexibility index (Phi) is 7.30. The lowest BCUT2D eigenvalue weighted by Crippen LogP contribution is -2.57. The van der Waals surface area contributed by atoms with Gasteiger partial charge >= 0.3 is 0 Å². The van der Waals surface area contributed by atoms with E-state index in [0.29, 0.717) is 18.0 Å². The molecule has 2 bridgehead atoms. The quantitative estimate of drug-likeness (QED) is 0.369. The van der Waals surface area contributed by atoms with Crippen LogP contribution in [0, 0.1) is 5.41 Å². The highest BCUT2D eigenvalue weighted by molar-refractivity contribution is 7.90. The third-order valence-electron chi connectivity index (χ3n) is 12.0. The molecular formula is C37H46N4O5S. The maximum Gasteiger partial charge on any atom is 0.264 e. The van der Waals surface area contributed by atoms with Gasteiger partial charge in [0.15, 0.2) is 0 Å². The summed E-state index contributed by atoms with van der Waals surface area (Å²) in [5, 5.41) is 0.368. The number of amides is 2. The molecule has 8 rings (SSSR count). The van der Waals surface area contributed by atoms with E-state index in [2.05, 4.69) is 38.3 Å². The van der Waals surface area contributed by atoms with Gasteiger partial charge in [-0.25, -0.2) is 13.1 Å². The molecule has 10 heteroatoms. The fourth-order valence-corrected chi connectivity index (χ4v) is 10.0. The van der Waals surface area contributed by atoms with Crippen molar-refractivity contribution < 1.29 is 22.7 Å². The average molecular weight is 659 g/mol. The molecule has 2 saturated heterocycles. The Morgan fingerprint density at radius 2 is 1.70 bits per heavy atom. The predicted octanol–water partition coefficient (Wildman–Crippen LogP) is 5.62. The van der Waals surface area contributed by atoms with Crippen LogP contribution >= 0.6 is 0 Å². The van der Waals surface area contributed by atoms with E-state index in [1.54, 1.807) is 27.0 Å². The van der Waals surface area contributed by atoms with Gasteiger partial charge < -0.3 is 19.1 Å². The first kappa shape index (κ1) is 30.9. The number of carbonyl (C=O) groups excluding carboxylic acids is 2. The molecule has 1 aromatic heterocycles. The summed E-state index contributed by atoms with van der Waals surface area (Å²) in [5.74, 6) is 0.885. The van der Waals surface area contributed by atoms with E-state index in [4.69, 9.17) is 4.74 Å². The van der Waals surface area contributed by atoms with Crippen LogP contribution in [0.3, 0.4) is 0 Å². The number of likely N-dealkylation sites (tertiary alicyclic amines) is 1. The van der Waals surface area contributed by atoms with Gasteiger partial charge in [-0.1, -0.05) is 25.3 Å². The summed E-state index contributed by atoms with van der Waals surface area (Å²) in [4.78, 5) is 33.0. The fraction of sp³-hybridized carbons (Fsp3) is 0.568. The van der Waals surface area contributed by atoms with Gasteiger partial charge in [-0.3, -0.25) is 9.59 Å². The normalized spacial score (nSPS) is 27.3. The largest absolute Gasteiger partial charge is 0.497 e. The number of carbonyl (C=O) groups is 2. The summed E-state index contributed by atoms with van der Waals surface area (Å²) < 4.78 is 35.7. The molecule has 1 N–H and O–H groups in total. The number of benzene rings is 2. The minimum absolute atomic E-state index is 0.0796. The molecule has 47 heavy (non-hydrogen) atoms. The first-order valence-corrected chi connectivity index (χ1v) is 19.0. The summed E-state index contributed by atoms with van der Waals surface area (Å²) in [7, 11) is 0.0575. The Morgan fingerprint density at radius 1 is 0.979 bits per heavy atom. The molecule has 250 valence electrons. The highest BCUT2D eigenvalue weighted by Crippen LogP contribution is 2.66. The second-order valence-corrected chi connectivity index (χ2v) is 17.4. The number of nitrogens with one attached hydrogen (secondary N) is 1. The summed E-state index contributed by atoms with van der Waals surface area (Å²) in [6, 6.07) is 12.5. The molecule has 4 fully saturated rings. The number of sulfonamides is 1. The summed E-state index contributed by atoms with van der Waals surface area (Å²) in [5.41, 5.74) is 5.40. The van der Waals surface area contributed by atoms with Crippen molar-refractivity contribution in [3.63, 3.8) is 0 Å². The van der Waals surface area contributed by atoms with Gasteiger partial charge in [-0.2, -0.15) is 0 Å². The number of piperazine rings is 1. The van der Waals surface area contributed by atoms with Crippen LogP contribution in [0.4, 0.5) is 0 Å². The summed E-state index contributed by atoms with van der Waals surface area (Å²) >= 11 is 0. The number of likely N-dealkylation sites (N-methyl/N-ethyl adjacent to an activating group) is 1. The zero-order chi connectivity index (χ0) is 32.8. The molecule has 9 nitrogen and oxygen atoms in total. The Labute approximate surface area is 277 Å². The maximum atomic E-state index is 15.0. The predicted molar refractivity (Wildman–Crippen MR) is 182 cm³/mol. The minimum Gasteiger partial charge on any atom is -0.497 e. The lowest BCUT2D eigenvalue weighted by molar-refractivity contribution is -0.143. The van der Waals surface area contributed by atoms with Crippen molar-refractivity contribution in [1.82, 2.24) is 19.1 Å². The van der Waals surface area contributed by atoms with Crippen molar-refractivity contribution in [2.45, 2.75) is 101 Å². The maximum absolute atomic E-state index is 15.0. The van der Waals surface area contributed by atoms with Crippen molar-refractivity contribution >= 4 is 32.7 Å². The molecule has 2 aromatic carbocycles. The Morgan fingerprint density at radius 3 is 2.38 bits per heavy atom. The van der Waals surface area contributed by atoms with Gasteiger partial charge in [-0.05, 0) is 100 Å². The molecule has 2 amide bonds. The lowest BCUT2D eigenvalue weighted by Gasteiger charge is -2.41. The van der Waals surface area contributed by atoms with Gasteiger partial charge in [-0.15, -0.1) is 0 Å². The van der Waals surface area contributed by atoms with E-state index < -0.39 is 26.6 Å². The molecule has 2 unspecified atom stereocenters. The van der Waals surface area contributed by atoms with Gasteiger partial charge in [0.05, 0.1) is 23.5 Å². The van der Waals surface area contributed by atoms with Crippen LogP contribution in [0.2, 0.25) is 0 Å². The van der Waals surface area contributed by atoms with Crippen molar-refractivity contribution in [2.75, 3.05) is 27.2 Å². The lowest BCUT2D eigenvalue weighted by atomic mass is 9.81. The second-order valence-electron chi connectivity index (χ2n) is 15.1. The van der Waals surface area contributed by atoms with Gasteiger partial charge in [0, 0.05) is 59.7 Å². The number of hydrogen-bond acceptors (Lipinski definition) is 6. The van der Waals surface area contributed by atoms with E-state index in [-0.39, 0.29) is 23.9 Å². The van der Waals surface area contributed by atoms with Crippen molar-refractivity contribution in [3.8, 4) is 17.0 Å². The van der Waals surface area contributed by atoms with Crippen LogP contribution in [-0.2, 0) is 21.4 Å². The molecule has 3 aliphatic heterocycles. The molecule has 3 aromatic rings. The SMILES string of the molecule is COc1ccc2c(c1)[C@H]1C[C@]1(C(=O)N1C3CCC1CN(C)C3)Cn1c-2c(C2CCCCC2)c2ccc(C(=O)NS(=O)(=O)C(C)C)cc21. The first-order chi connectivity index (χ1) is 22.5. The van der Waals surface area contributed by atoms with Crippen LogP contribution in [-0.4, -0.2) is 79.2 Å². The van der Waals surface area contributed by atoms with Crippen molar-refractivity contribution in [2.24, 2.45) is 5.41 Å². The molecule has 0 spiro atoms. The molecule has 4 atom stereocenters. The van der Waals surface area contributed by atoms with Crippen LogP contribution in [0.15, 0.2) is 36.4 Å². The number of rotatable bonds is 6. The molecule has 2 saturated carbocycles. The van der Waals surface area contributed by atoms with Crippen LogP contribution in [0.1, 0.15) is 98.5 Å². The molecule has 0 radical (unpaired) electrons. The number of nitrogens with zero attached hydrogens (tertiary/aromatic N) is 3. The first-order valence-electron chi connectivity index (χ1n) is 17.4. The van der Waals surface area contributed by atoms with Crippen LogP contribution in [0.25, 0.3) is 22.2 Å². The monoisotopic (exact) mass is 658 g/mol. The van der Waals surface area contributed by atoms with E-state index >= 15 is 0 Å². The number of aromatic nitrogens is 1. The average Bonchev–Trinajstić information content (AvgIpc) is 3.64. The van der Waals surface area contributed by atoms with E-state index in [1.807, 2.05) is 18.2 Å². The van der Waals surface area contributed by atoms with E-state index in [9.17, 15) is 18.0 Å². The second kappa shape index (κ2) is 11.1. The fourth-order valence-electron chi connectivity index (χ4n) is 9.43. The minimum atomic E-state index is -3.80. The zero-order valence-electron chi connectivity index (χ0n) is 27.9. The van der Waals surface area contributed by atoms with Crippen molar-refractivity contribution in [3.05, 3.63) is 53.1 Å². The van der Waals surface area contributed by atoms with Crippen LogP contribution < -0.4 is 9.46 Å². The molecular weight excluding hydrogens is 612 g/mol. The third kappa shape index (κ3) is 4.84. The summed E-state index contributed by atoms with van der Waals surface area (Å²) in [6.45, 7) is 5.48. The number of ether oxygens (including phenoxy) is 1. The standard InChI is InChI=1S/C37H46N4O5S/c1-22(2)47(44,45)38-35(42)24-10-14-29-32(16-24)40-21-37(36(43)41-25-11-12-26(41)20-39(3)19-25)18-31(37)30-17-27(46-4)13-15-28(30)34(40)33(29)23-8-6-5-7-9-23/h10,13-17,22-23,25-26,31H,5-9,11-12,18-21H2,1-4H3,(H,38,42)/t25?,26?,31-,37+/m1/s1. The number of hydrogen-bond donors (Lipinski definition) is 1. The van der Waals surface area contributed by atoms with Crippen molar-refractivity contribution in [1.29, 1.82) is 0 Å². The van der Waals surface area contributed by atoms with Gasteiger partial charge in [0.1, 0.15) is 5.75 Å². The van der Waals surface area contributed by atoms with Gasteiger partial charge in [0.2, 0.25) is 15.9 Å². The summed E-state index contributed by atoms with van der Waals surface area (Å²) in [6.07, 6.45) is 8.67. The molecule has 2 aliphatic carbocycles. The smallest absolute Gasteiger partial charge is 0.264 e. The highest BCUT2D eigenvalue weighted by atomic mass is 32.2. The molecule has 4 heterocycles.